The van der Waals surface area contributed by atoms with E-state index in [4.69, 9.17) is 0 Å². The first-order valence-electron chi connectivity index (χ1n) is 12.2. The van der Waals surface area contributed by atoms with Crippen molar-refractivity contribution in [2.24, 2.45) is 0 Å². The predicted molar refractivity (Wildman–Crippen MR) is 144 cm³/mol. The lowest BCUT2D eigenvalue weighted by Gasteiger charge is -2.12. The molecule has 0 unspecified atom stereocenters. The van der Waals surface area contributed by atoms with E-state index in [1.165, 1.54) is 6.07 Å². The number of benzene rings is 4. The van der Waals surface area contributed by atoms with E-state index in [1.807, 2.05) is 30.3 Å². The van der Waals surface area contributed by atoms with Crippen LogP contribution in [0.2, 0.25) is 0 Å². The van der Waals surface area contributed by atoms with Crippen LogP contribution in [0.3, 0.4) is 0 Å². The third-order valence-electron chi connectivity index (χ3n) is 6.42. The third-order valence-corrected chi connectivity index (χ3v) is 6.42. The van der Waals surface area contributed by atoms with Gasteiger partial charge in [0.05, 0.1) is 11.1 Å². The molecular formula is C30H27N3O4. The number of aromatic amines is 1. The lowest BCUT2D eigenvalue weighted by atomic mass is 9.92. The number of phenolic OH excluding ortho intramolecular Hbond substituents is 3. The quantitative estimate of drug-likeness (QED) is 0.176. The number of nitrogens with zero attached hydrogens (tertiary/aromatic N) is 1. The average Bonchev–Trinajstić information content (AvgIpc) is 3.30. The third kappa shape index (κ3) is 5.26. The summed E-state index contributed by atoms with van der Waals surface area (Å²) in [7, 11) is 0. The smallest absolute Gasteiger partial charge is 0.255 e. The van der Waals surface area contributed by atoms with Crippen molar-refractivity contribution < 1.29 is 20.1 Å². The topological polar surface area (TPSA) is 118 Å². The molecule has 7 heteroatoms. The van der Waals surface area contributed by atoms with Gasteiger partial charge < -0.3 is 20.6 Å². The fourth-order valence-corrected chi connectivity index (χ4v) is 4.45. The highest BCUT2D eigenvalue weighted by molar-refractivity contribution is 5.97. The molecule has 0 aliphatic rings. The van der Waals surface area contributed by atoms with E-state index < -0.39 is 0 Å². The standard InChI is InChI=1S/C30H27N3O4/c34-21-12-8-19(9-13-21)24-17-26-27(6-3-4-16-31-30(37)23-5-1-2-7-29(23)36)32-33-28(26)18-25(24)20-10-14-22(35)15-11-20/h1-2,5,7-15,17-18,34-36H,3-4,6,16H2,(H,31,37)(H,32,33). The molecule has 0 bridgehead atoms. The van der Waals surface area contributed by atoms with E-state index in [1.54, 1.807) is 42.5 Å². The maximum atomic E-state index is 12.3. The monoisotopic (exact) mass is 493 g/mol. The number of amides is 1. The first-order chi connectivity index (χ1) is 18.0. The molecule has 4 aromatic carbocycles. The van der Waals surface area contributed by atoms with Crippen LogP contribution in [-0.2, 0) is 6.42 Å². The predicted octanol–water partition coefficient (Wildman–Crippen LogP) is 5.77. The highest BCUT2D eigenvalue weighted by Gasteiger charge is 2.15. The van der Waals surface area contributed by atoms with Crippen molar-refractivity contribution >= 4 is 16.8 Å². The molecule has 0 spiro atoms. The van der Waals surface area contributed by atoms with Crippen molar-refractivity contribution in [1.29, 1.82) is 0 Å². The highest BCUT2D eigenvalue weighted by Crippen LogP contribution is 2.37. The van der Waals surface area contributed by atoms with Crippen molar-refractivity contribution in [2.45, 2.75) is 19.3 Å². The second-order valence-electron chi connectivity index (χ2n) is 8.94. The molecule has 5 N–H and O–H groups in total. The van der Waals surface area contributed by atoms with Crippen molar-refractivity contribution in [2.75, 3.05) is 6.54 Å². The van der Waals surface area contributed by atoms with Crippen LogP contribution in [-0.4, -0.2) is 38.0 Å². The zero-order valence-corrected chi connectivity index (χ0v) is 20.1. The van der Waals surface area contributed by atoms with Gasteiger partial charge in [-0.2, -0.15) is 5.10 Å². The van der Waals surface area contributed by atoms with Crippen molar-refractivity contribution in [3.63, 3.8) is 0 Å². The summed E-state index contributed by atoms with van der Waals surface area (Å²) < 4.78 is 0. The Morgan fingerprint density at radius 1 is 0.784 bits per heavy atom. The van der Waals surface area contributed by atoms with Crippen LogP contribution in [0, 0.1) is 0 Å². The number of aromatic hydroxyl groups is 3. The van der Waals surface area contributed by atoms with E-state index in [2.05, 4.69) is 21.6 Å². The number of carbonyl (C=O) groups is 1. The van der Waals surface area contributed by atoms with Gasteiger partial charge in [0.2, 0.25) is 0 Å². The second kappa shape index (κ2) is 10.5. The lowest BCUT2D eigenvalue weighted by Crippen LogP contribution is -2.24. The van der Waals surface area contributed by atoms with Gasteiger partial charge in [0, 0.05) is 17.6 Å². The number of hydrogen-bond acceptors (Lipinski definition) is 5. The summed E-state index contributed by atoms with van der Waals surface area (Å²) in [5.74, 6) is 0.0924. The Morgan fingerprint density at radius 2 is 1.41 bits per heavy atom. The number of H-pyrrole nitrogens is 1. The number of carbonyl (C=O) groups excluding carboxylic acids is 1. The van der Waals surface area contributed by atoms with Crippen LogP contribution >= 0.6 is 0 Å². The second-order valence-corrected chi connectivity index (χ2v) is 8.94. The summed E-state index contributed by atoms with van der Waals surface area (Å²) in [4.78, 5) is 12.3. The van der Waals surface area contributed by atoms with Crippen LogP contribution in [0.5, 0.6) is 17.2 Å². The van der Waals surface area contributed by atoms with Gasteiger partial charge in [-0.1, -0.05) is 36.4 Å². The first-order valence-corrected chi connectivity index (χ1v) is 12.2. The summed E-state index contributed by atoms with van der Waals surface area (Å²) in [6, 6.07) is 24.8. The van der Waals surface area contributed by atoms with E-state index >= 15 is 0 Å². The van der Waals surface area contributed by atoms with Crippen molar-refractivity contribution in [1.82, 2.24) is 15.5 Å². The maximum absolute atomic E-state index is 12.3. The summed E-state index contributed by atoms with van der Waals surface area (Å²) in [5.41, 5.74) is 6.01. The molecule has 186 valence electrons. The Kier molecular flexibility index (Phi) is 6.76. The number of aromatic nitrogens is 2. The highest BCUT2D eigenvalue weighted by atomic mass is 16.3. The number of hydrogen-bond donors (Lipinski definition) is 5. The van der Waals surface area contributed by atoms with Gasteiger partial charge in [0.15, 0.2) is 0 Å². The zero-order valence-electron chi connectivity index (χ0n) is 20.1. The van der Waals surface area contributed by atoms with Gasteiger partial charge in [-0.3, -0.25) is 9.89 Å². The summed E-state index contributed by atoms with van der Waals surface area (Å²) in [5, 5.41) is 40.9. The van der Waals surface area contributed by atoms with E-state index in [0.29, 0.717) is 6.54 Å². The van der Waals surface area contributed by atoms with Gasteiger partial charge in [-0.15, -0.1) is 0 Å². The molecule has 0 fully saturated rings. The number of aryl methyl sites for hydroxylation is 1. The molecular weight excluding hydrogens is 466 g/mol. The number of para-hydroxylation sites is 1. The Hall–Kier alpha value is -4.78. The molecule has 1 amide bonds. The molecule has 0 saturated heterocycles. The minimum absolute atomic E-state index is 0.0277. The zero-order chi connectivity index (χ0) is 25.8. The number of rotatable bonds is 8. The Labute approximate surface area is 214 Å². The van der Waals surface area contributed by atoms with Crippen molar-refractivity contribution in [3.05, 3.63) is 96.2 Å². The summed E-state index contributed by atoms with van der Waals surface area (Å²) >= 11 is 0. The van der Waals surface area contributed by atoms with Crippen molar-refractivity contribution in [3.8, 4) is 39.5 Å². The molecule has 0 aliphatic heterocycles. The molecule has 1 aromatic heterocycles. The normalized spacial score (nSPS) is 11.0. The Morgan fingerprint density at radius 3 is 2.05 bits per heavy atom. The molecule has 5 rings (SSSR count). The number of phenols is 3. The molecule has 37 heavy (non-hydrogen) atoms. The molecule has 0 radical (unpaired) electrons. The summed E-state index contributed by atoms with van der Waals surface area (Å²) in [6.45, 7) is 0.503. The van der Waals surface area contributed by atoms with Crippen LogP contribution in [0.4, 0.5) is 0 Å². The van der Waals surface area contributed by atoms with Crippen LogP contribution in [0.15, 0.2) is 84.9 Å². The van der Waals surface area contributed by atoms with E-state index in [9.17, 15) is 20.1 Å². The maximum Gasteiger partial charge on any atom is 0.255 e. The van der Waals surface area contributed by atoms with Crippen LogP contribution in [0.1, 0.15) is 28.9 Å². The average molecular weight is 494 g/mol. The number of nitrogens with one attached hydrogen (secondary N) is 2. The fourth-order valence-electron chi connectivity index (χ4n) is 4.45. The molecule has 0 aliphatic carbocycles. The van der Waals surface area contributed by atoms with Crippen LogP contribution in [0.25, 0.3) is 33.2 Å². The van der Waals surface area contributed by atoms with E-state index in [0.717, 1.165) is 58.1 Å². The van der Waals surface area contributed by atoms with Gasteiger partial charge >= 0.3 is 0 Å². The van der Waals surface area contributed by atoms with Gasteiger partial charge in [-0.05, 0) is 90.0 Å². The largest absolute Gasteiger partial charge is 0.508 e. The molecule has 5 aromatic rings. The number of unbranched alkanes of at least 4 members (excludes halogenated alkanes) is 1. The molecule has 0 saturated carbocycles. The van der Waals surface area contributed by atoms with E-state index in [-0.39, 0.29) is 28.7 Å². The SMILES string of the molecule is O=C(NCCCCc1[nH]nc2cc(-c3ccc(O)cc3)c(-c3ccc(O)cc3)cc12)c1ccccc1O. The minimum Gasteiger partial charge on any atom is -0.508 e. The number of fused-ring (bicyclic) bond motifs is 1. The molecule has 1 heterocycles. The Bertz CT molecular complexity index is 1540. The van der Waals surface area contributed by atoms with Gasteiger partial charge in [0.25, 0.3) is 5.91 Å². The molecule has 0 atom stereocenters. The molecule has 7 nitrogen and oxygen atoms in total. The minimum atomic E-state index is -0.287. The first kappa shape index (κ1) is 23.9. The van der Waals surface area contributed by atoms with Gasteiger partial charge in [-0.25, -0.2) is 0 Å². The summed E-state index contributed by atoms with van der Waals surface area (Å²) in [6.07, 6.45) is 2.37. The lowest BCUT2D eigenvalue weighted by molar-refractivity contribution is 0.0950. The van der Waals surface area contributed by atoms with Gasteiger partial charge in [0.1, 0.15) is 17.2 Å². The van der Waals surface area contributed by atoms with Crippen LogP contribution < -0.4 is 5.32 Å². The Balaban J connectivity index is 1.34. The fraction of sp³-hybridized carbons (Fsp3) is 0.133.